The molecule has 0 aliphatic carbocycles. The highest BCUT2D eigenvalue weighted by Crippen LogP contribution is 2.26. The summed E-state index contributed by atoms with van der Waals surface area (Å²) in [6.07, 6.45) is 0. The molecule has 1 heterocycles. The summed E-state index contributed by atoms with van der Waals surface area (Å²) in [5.41, 5.74) is 3.53. The molecule has 0 radical (unpaired) electrons. The predicted molar refractivity (Wildman–Crippen MR) is 91.7 cm³/mol. The molecule has 3 aromatic rings. The molecule has 1 N–H and O–H groups in total. The second kappa shape index (κ2) is 6.30. The molecule has 0 spiro atoms. The number of hydrogen-bond acceptors (Lipinski definition) is 3. The van der Waals surface area contributed by atoms with E-state index in [0.29, 0.717) is 15.7 Å². The highest BCUT2D eigenvalue weighted by Gasteiger charge is 2.09. The molecule has 0 unspecified atom stereocenters. The van der Waals surface area contributed by atoms with Crippen LogP contribution in [0, 0.1) is 6.92 Å². The molecular weight excluding hydrogens is 316 g/mol. The lowest BCUT2D eigenvalue weighted by atomic mass is 10.1. The van der Waals surface area contributed by atoms with Crippen LogP contribution in [0.3, 0.4) is 0 Å². The van der Waals surface area contributed by atoms with E-state index < -0.39 is 0 Å². The number of aromatic nitrogens is 1. The van der Waals surface area contributed by atoms with E-state index in [9.17, 15) is 4.79 Å². The van der Waals surface area contributed by atoms with Gasteiger partial charge in [-0.05, 0) is 31.2 Å². The van der Waals surface area contributed by atoms with Crippen molar-refractivity contribution < 1.29 is 4.79 Å². The Labute approximate surface area is 137 Å². The van der Waals surface area contributed by atoms with E-state index in [1.54, 1.807) is 12.1 Å². The monoisotopic (exact) mass is 328 g/mol. The molecule has 1 aromatic heterocycles. The zero-order valence-corrected chi connectivity index (χ0v) is 13.4. The van der Waals surface area contributed by atoms with Crippen molar-refractivity contribution in [1.29, 1.82) is 0 Å². The second-order valence-corrected chi connectivity index (χ2v) is 6.16. The average Bonchev–Trinajstić information content (AvgIpc) is 2.97. The Morgan fingerprint density at radius 2 is 1.77 bits per heavy atom. The van der Waals surface area contributed by atoms with Gasteiger partial charge in [0, 0.05) is 21.5 Å². The molecule has 5 heteroatoms. The Balaban J connectivity index is 1.75. The zero-order chi connectivity index (χ0) is 15.5. The van der Waals surface area contributed by atoms with Gasteiger partial charge in [0.2, 0.25) is 0 Å². The van der Waals surface area contributed by atoms with Crippen molar-refractivity contribution >= 4 is 34.0 Å². The van der Waals surface area contributed by atoms with Gasteiger partial charge < -0.3 is 0 Å². The number of thiazole rings is 1. The van der Waals surface area contributed by atoms with Crippen LogP contribution in [0.25, 0.3) is 11.3 Å². The summed E-state index contributed by atoms with van der Waals surface area (Å²) in [5, 5.41) is 6.00. The molecule has 0 atom stereocenters. The van der Waals surface area contributed by atoms with Gasteiger partial charge in [-0.15, -0.1) is 11.3 Å². The minimum absolute atomic E-state index is 0.156. The number of anilines is 1. The van der Waals surface area contributed by atoms with Crippen molar-refractivity contribution in [2.45, 2.75) is 6.92 Å². The van der Waals surface area contributed by atoms with E-state index >= 15 is 0 Å². The van der Waals surface area contributed by atoms with Gasteiger partial charge in [0.05, 0.1) is 5.69 Å². The number of amides is 1. The van der Waals surface area contributed by atoms with E-state index in [0.717, 1.165) is 16.8 Å². The summed E-state index contributed by atoms with van der Waals surface area (Å²) in [5.74, 6) is -0.156. The van der Waals surface area contributed by atoms with Gasteiger partial charge in [0.1, 0.15) is 0 Å². The van der Waals surface area contributed by atoms with Gasteiger partial charge in [-0.2, -0.15) is 0 Å². The van der Waals surface area contributed by atoms with Crippen LogP contribution in [0.1, 0.15) is 15.9 Å². The summed E-state index contributed by atoms with van der Waals surface area (Å²) in [4.78, 5) is 16.6. The zero-order valence-electron chi connectivity index (χ0n) is 11.8. The fraction of sp³-hybridized carbons (Fsp3) is 0.0588. The van der Waals surface area contributed by atoms with Gasteiger partial charge >= 0.3 is 0 Å². The number of hydrogen-bond donors (Lipinski definition) is 1. The van der Waals surface area contributed by atoms with Gasteiger partial charge in [-0.1, -0.05) is 41.4 Å². The molecule has 3 nitrogen and oxygen atoms in total. The third-order valence-electron chi connectivity index (χ3n) is 3.18. The molecule has 0 aliphatic rings. The second-order valence-electron chi connectivity index (χ2n) is 4.86. The molecule has 1 amide bonds. The maximum atomic E-state index is 12.2. The molecule has 2 aromatic carbocycles. The minimum Gasteiger partial charge on any atom is -0.298 e. The molecule has 110 valence electrons. The molecule has 0 bridgehead atoms. The smallest absolute Gasteiger partial charge is 0.257 e. The first-order valence-electron chi connectivity index (χ1n) is 6.71. The van der Waals surface area contributed by atoms with E-state index in [1.165, 1.54) is 11.3 Å². The van der Waals surface area contributed by atoms with Crippen molar-refractivity contribution in [2.75, 3.05) is 5.32 Å². The Bertz CT molecular complexity index is 794. The van der Waals surface area contributed by atoms with E-state index in [-0.39, 0.29) is 5.91 Å². The molecule has 0 saturated carbocycles. The number of halogens is 1. The van der Waals surface area contributed by atoms with E-state index in [1.807, 2.05) is 48.7 Å². The first-order chi connectivity index (χ1) is 10.6. The molecule has 0 fully saturated rings. The van der Waals surface area contributed by atoms with Crippen LogP contribution >= 0.6 is 22.9 Å². The van der Waals surface area contributed by atoms with Crippen LogP contribution in [0.15, 0.2) is 53.9 Å². The van der Waals surface area contributed by atoms with Crippen molar-refractivity contribution in [1.82, 2.24) is 4.98 Å². The summed E-state index contributed by atoms with van der Waals surface area (Å²) < 4.78 is 0. The lowest BCUT2D eigenvalue weighted by molar-refractivity contribution is 0.102. The quantitative estimate of drug-likeness (QED) is 0.733. The van der Waals surface area contributed by atoms with Crippen LogP contribution in [0.5, 0.6) is 0 Å². The van der Waals surface area contributed by atoms with Gasteiger partial charge in [0.15, 0.2) is 5.13 Å². The Hall–Kier alpha value is -2.17. The van der Waals surface area contributed by atoms with Crippen molar-refractivity contribution in [3.8, 4) is 11.3 Å². The first-order valence-corrected chi connectivity index (χ1v) is 7.97. The third kappa shape index (κ3) is 3.35. The van der Waals surface area contributed by atoms with Gasteiger partial charge in [-0.3, -0.25) is 10.1 Å². The van der Waals surface area contributed by atoms with Crippen LogP contribution in [0.2, 0.25) is 5.02 Å². The number of carbonyl (C=O) groups excluding carboxylic acids is 1. The lowest BCUT2D eigenvalue weighted by Crippen LogP contribution is -2.11. The Kier molecular flexibility index (Phi) is 4.22. The molecule has 3 rings (SSSR count). The maximum absolute atomic E-state index is 12.2. The summed E-state index contributed by atoms with van der Waals surface area (Å²) in [6, 6.07) is 14.9. The summed E-state index contributed by atoms with van der Waals surface area (Å²) >= 11 is 7.28. The standard InChI is InChI=1S/C17H13ClN2OS/c1-11-2-4-13(5-3-11)16(21)20-17-19-15(10-22-17)12-6-8-14(18)9-7-12/h2-10H,1H3,(H,19,20,21). The summed E-state index contributed by atoms with van der Waals surface area (Å²) in [7, 11) is 0. The molecule has 0 saturated heterocycles. The highest BCUT2D eigenvalue weighted by atomic mass is 35.5. The average molecular weight is 329 g/mol. The largest absolute Gasteiger partial charge is 0.298 e. The van der Waals surface area contributed by atoms with Crippen LogP contribution < -0.4 is 5.32 Å². The molecular formula is C17H13ClN2OS. The van der Waals surface area contributed by atoms with Crippen molar-refractivity contribution in [2.24, 2.45) is 0 Å². The third-order valence-corrected chi connectivity index (χ3v) is 4.19. The molecule has 0 aliphatic heterocycles. The number of rotatable bonds is 3. The van der Waals surface area contributed by atoms with Crippen molar-refractivity contribution in [3.05, 3.63) is 70.1 Å². The Morgan fingerprint density at radius 3 is 2.45 bits per heavy atom. The van der Waals surface area contributed by atoms with E-state index in [4.69, 9.17) is 11.6 Å². The van der Waals surface area contributed by atoms with Crippen molar-refractivity contribution in [3.63, 3.8) is 0 Å². The maximum Gasteiger partial charge on any atom is 0.257 e. The number of nitrogens with zero attached hydrogens (tertiary/aromatic N) is 1. The van der Waals surface area contributed by atoms with Gasteiger partial charge in [0.25, 0.3) is 5.91 Å². The van der Waals surface area contributed by atoms with Crippen LogP contribution in [-0.2, 0) is 0 Å². The number of aryl methyl sites for hydroxylation is 1. The number of benzene rings is 2. The Morgan fingerprint density at radius 1 is 1.09 bits per heavy atom. The predicted octanol–water partition coefficient (Wildman–Crippen LogP) is 5.02. The number of nitrogens with one attached hydrogen (secondary N) is 1. The van der Waals surface area contributed by atoms with Crippen LogP contribution in [0.4, 0.5) is 5.13 Å². The minimum atomic E-state index is -0.156. The fourth-order valence-electron chi connectivity index (χ4n) is 1.96. The van der Waals surface area contributed by atoms with Gasteiger partial charge in [-0.25, -0.2) is 4.98 Å². The normalized spacial score (nSPS) is 10.5. The highest BCUT2D eigenvalue weighted by molar-refractivity contribution is 7.14. The van der Waals surface area contributed by atoms with Crippen LogP contribution in [-0.4, -0.2) is 10.9 Å². The summed E-state index contributed by atoms with van der Waals surface area (Å²) in [6.45, 7) is 1.99. The number of carbonyl (C=O) groups is 1. The SMILES string of the molecule is Cc1ccc(C(=O)Nc2nc(-c3ccc(Cl)cc3)cs2)cc1. The topological polar surface area (TPSA) is 42.0 Å². The molecule has 22 heavy (non-hydrogen) atoms. The first kappa shape index (κ1) is 14.8. The fourth-order valence-corrected chi connectivity index (χ4v) is 2.80. The lowest BCUT2D eigenvalue weighted by Gasteiger charge is -2.02. The van der Waals surface area contributed by atoms with E-state index in [2.05, 4.69) is 10.3 Å².